The van der Waals surface area contributed by atoms with Gasteiger partial charge in [-0.2, -0.15) is 0 Å². The number of hydrogen-bond acceptors (Lipinski definition) is 3. The van der Waals surface area contributed by atoms with Crippen LogP contribution < -0.4 is 5.32 Å². The molecule has 0 saturated carbocycles. The summed E-state index contributed by atoms with van der Waals surface area (Å²) in [5, 5.41) is 21.4. The van der Waals surface area contributed by atoms with Crippen molar-refractivity contribution in [2.45, 2.75) is 13.3 Å². The standard InChI is InChI=1S/C11H11NO3S/c1-2-8-10(12-11(14)15)7-4-3-6(13)5-9(7)16-8/h3-5,12-13H,2H2,1H3,(H,14,15). The first kappa shape index (κ1) is 10.8. The Labute approximate surface area is 96.1 Å². The van der Waals surface area contributed by atoms with Crippen LogP contribution in [0.3, 0.4) is 0 Å². The fraction of sp³-hybridized carbons (Fsp3) is 0.182. The van der Waals surface area contributed by atoms with Gasteiger partial charge < -0.3 is 10.2 Å². The minimum Gasteiger partial charge on any atom is -0.508 e. The molecule has 16 heavy (non-hydrogen) atoms. The number of carbonyl (C=O) groups is 1. The molecule has 1 amide bonds. The van der Waals surface area contributed by atoms with Crippen LogP contribution in [0.25, 0.3) is 10.1 Å². The lowest BCUT2D eigenvalue weighted by molar-refractivity contribution is 0.210. The third kappa shape index (κ3) is 1.81. The van der Waals surface area contributed by atoms with Gasteiger partial charge in [0.25, 0.3) is 0 Å². The molecule has 0 spiro atoms. The van der Waals surface area contributed by atoms with Crippen molar-refractivity contribution < 1.29 is 15.0 Å². The highest BCUT2D eigenvalue weighted by Crippen LogP contribution is 2.37. The number of phenols is 1. The number of carboxylic acid groups (broad SMARTS) is 1. The molecule has 2 aromatic rings. The number of phenolic OH excluding ortho intramolecular Hbond substituents is 1. The Kier molecular flexibility index (Phi) is 2.70. The van der Waals surface area contributed by atoms with Gasteiger partial charge in [-0.3, -0.25) is 5.32 Å². The van der Waals surface area contributed by atoms with Gasteiger partial charge in [0.1, 0.15) is 5.75 Å². The number of anilines is 1. The van der Waals surface area contributed by atoms with E-state index in [1.54, 1.807) is 18.2 Å². The van der Waals surface area contributed by atoms with E-state index in [9.17, 15) is 9.90 Å². The smallest absolute Gasteiger partial charge is 0.409 e. The van der Waals surface area contributed by atoms with Gasteiger partial charge in [-0.1, -0.05) is 6.92 Å². The number of fused-ring (bicyclic) bond motifs is 1. The highest BCUT2D eigenvalue weighted by Gasteiger charge is 2.13. The second-order valence-electron chi connectivity index (χ2n) is 3.36. The molecule has 0 aliphatic rings. The van der Waals surface area contributed by atoms with E-state index < -0.39 is 6.09 Å². The Balaban J connectivity index is 2.63. The quantitative estimate of drug-likeness (QED) is 0.750. The second kappa shape index (κ2) is 4.02. The Morgan fingerprint density at radius 2 is 2.25 bits per heavy atom. The molecule has 0 radical (unpaired) electrons. The van der Waals surface area contributed by atoms with Crippen molar-refractivity contribution in [1.29, 1.82) is 0 Å². The molecule has 84 valence electrons. The van der Waals surface area contributed by atoms with Crippen LogP contribution in [0.1, 0.15) is 11.8 Å². The zero-order valence-corrected chi connectivity index (χ0v) is 9.47. The molecular weight excluding hydrogens is 226 g/mol. The number of thiophene rings is 1. The van der Waals surface area contributed by atoms with Crippen molar-refractivity contribution in [3.63, 3.8) is 0 Å². The van der Waals surface area contributed by atoms with E-state index in [1.165, 1.54) is 11.3 Å². The first-order valence-electron chi connectivity index (χ1n) is 4.86. The largest absolute Gasteiger partial charge is 0.508 e. The average molecular weight is 237 g/mol. The normalized spacial score (nSPS) is 10.6. The van der Waals surface area contributed by atoms with Gasteiger partial charge in [-0.15, -0.1) is 11.3 Å². The molecular formula is C11H11NO3S. The monoisotopic (exact) mass is 237 g/mol. The maximum Gasteiger partial charge on any atom is 0.409 e. The van der Waals surface area contributed by atoms with Crippen LogP contribution in [0.4, 0.5) is 10.5 Å². The lowest BCUT2D eigenvalue weighted by Crippen LogP contribution is -2.07. The molecule has 0 saturated heterocycles. The summed E-state index contributed by atoms with van der Waals surface area (Å²) in [5.41, 5.74) is 0.634. The number of benzene rings is 1. The topological polar surface area (TPSA) is 69.6 Å². The molecule has 0 fully saturated rings. The molecule has 0 atom stereocenters. The van der Waals surface area contributed by atoms with Crippen molar-refractivity contribution >= 4 is 33.2 Å². The summed E-state index contributed by atoms with van der Waals surface area (Å²) in [5.74, 6) is 0.193. The van der Waals surface area contributed by atoms with Gasteiger partial charge in [0, 0.05) is 15.0 Å². The van der Waals surface area contributed by atoms with Crippen LogP contribution in [0.5, 0.6) is 5.75 Å². The lowest BCUT2D eigenvalue weighted by atomic mass is 10.2. The summed E-state index contributed by atoms with van der Waals surface area (Å²) in [4.78, 5) is 11.7. The van der Waals surface area contributed by atoms with Crippen LogP contribution >= 0.6 is 11.3 Å². The van der Waals surface area contributed by atoms with E-state index in [-0.39, 0.29) is 5.75 Å². The van der Waals surface area contributed by atoms with E-state index in [0.717, 1.165) is 21.4 Å². The summed E-state index contributed by atoms with van der Waals surface area (Å²) in [6.45, 7) is 1.97. The van der Waals surface area contributed by atoms with Gasteiger partial charge in [0.2, 0.25) is 0 Å². The van der Waals surface area contributed by atoms with Crippen LogP contribution in [0.15, 0.2) is 18.2 Å². The average Bonchev–Trinajstić information content (AvgIpc) is 2.55. The fourth-order valence-electron chi connectivity index (χ4n) is 1.63. The molecule has 1 heterocycles. The highest BCUT2D eigenvalue weighted by molar-refractivity contribution is 7.19. The second-order valence-corrected chi connectivity index (χ2v) is 4.50. The van der Waals surface area contributed by atoms with Crippen LogP contribution in [-0.2, 0) is 6.42 Å². The zero-order chi connectivity index (χ0) is 11.7. The summed E-state index contributed by atoms with van der Waals surface area (Å²) >= 11 is 1.49. The molecule has 0 aliphatic carbocycles. The highest BCUT2D eigenvalue weighted by atomic mass is 32.1. The number of aromatic hydroxyl groups is 1. The van der Waals surface area contributed by atoms with E-state index in [2.05, 4.69) is 5.32 Å². The number of aryl methyl sites for hydroxylation is 1. The third-order valence-corrected chi connectivity index (χ3v) is 3.60. The van der Waals surface area contributed by atoms with E-state index in [0.29, 0.717) is 5.69 Å². The fourth-order valence-corrected chi connectivity index (χ4v) is 2.76. The van der Waals surface area contributed by atoms with Crippen molar-refractivity contribution in [3.8, 4) is 5.75 Å². The molecule has 1 aromatic carbocycles. The maximum absolute atomic E-state index is 10.7. The van der Waals surface area contributed by atoms with Crippen molar-refractivity contribution in [1.82, 2.24) is 0 Å². The lowest BCUT2D eigenvalue weighted by Gasteiger charge is -2.01. The zero-order valence-electron chi connectivity index (χ0n) is 8.65. The summed E-state index contributed by atoms with van der Waals surface area (Å²) < 4.78 is 0.889. The Bertz CT molecular complexity index is 547. The molecule has 0 bridgehead atoms. The summed E-state index contributed by atoms with van der Waals surface area (Å²) in [6.07, 6.45) is -0.308. The number of hydrogen-bond donors (Lipinski definition) is 3. The van der Waals surface area contributed by atoms with E-state index in [4.69, 9.17) is 5.11 Å². The summed E-state index contributed by atoms with van der Waals surface area (Å²) in [7, 11) is 0. The van der Waals surface area contributed by atoms with Gasteiger partial charge >= 0.3 is 6.09 Å². The number of nitrogens with one attached hydrogen (secondary N) is 1. The van der Waals surface area contributed by atoms with E-state index >= 15 is 0 Å². The van der Waals surface area contributed by atoms with Gasteiger partial charge in [0.15, 0.2) is 0 Å². The van der Waals surface area contributed by atoms with Gasteiger partial charge in [0.05, 0.1) is 5.69 Å². The Morgan fingerprint density at radius 1 is 1.50 bits per heavy atom. The molecule has 3 N–H and O–H groups in total. The summed E-state index contributed by atoms with van der Waals surface area (Å²) in [6, 6.07) is 4.93. The first-order chi connectivity index (χ1) is 7.61. The third-order valence-electron chi connectivity index (χ3n) is 2.30. The van der Waals surface area contributed by atoms with Crippen LogP contribution in [0, 0.1) is 0 Å². The maximum atomic E-state index is 10.7. The molecule has 0 unspecified atom stereocenters. The van der Waals surface area contributed by atoms with Gasteiger partial charge in [-0.05, 0) is 24.6 Å². The predicted molar refractivity (Wildman–Crippen MR) is 64.5 cm³/mol. The number of amides is 1. The van der Waals surface area contributed by atoms with E-state index in [1.807, 2.05) is 6.92 Å². The van der Waals surface area contributed by atoms with Crippen molar-refractivity contribution in [2.24, 2.45) is 0 Å². The minimum absolute atomic E-state index is 0.193. The molecule has 1 aromatic heterocycles. The van der Waals surface area contributed by atoms with Crippen molar-refractivity contribution in [3.05, 3.63) is 23.1 Å². The predicted octanol–water partition coefficient (Wildman–Crippen LogP) is 3.26. The first-order valence-corrected chi connectivity index (χ1v) is 5.67. The van der Waals surface area contributed by atoms with Gasteiger partial charge in [-0.25, -0.2) is 4.79 Å². The molecule has 2 rings (SSSR count). The van der Waals surface area contributed by atoms with Crippen LogP contribution in [-0.4, -0.2) is 16.3 Å². The molecule has 5 heteroatoms. The minimum atomic E-state index is -1.07. The Hall–Kier alpha value is -1.75. The van der Waals surface area contributed by atoms with Crippen molar-refractivity contribution in [2.75, 3.05) is 5.32 Å². The molecule has 4 nitrogen and oxygen atoms in total. The van der Waals surface area contributed by atoms with Crippen LogP contribution in [0.2, 0.25) is 0 Å². The molecule has 0 aliphatic heterocycles. The number of rotatable bonds is 2. The Morgan fingerprint density at radius 3 is 2.88 bits per heavy atom. The SMILES string of the molecule is CCc1sc2cc(O)ccc2c1NC(=O)O.